The van der Waals surface area contributed by atoms with Gasteiger partial charge in [-0.2, -0.15) is 0 Å². The lowest BCUT2D eigenvalue weighted by Crippen LogP contribution is -2.45. The number of carboxylic acid groups (broad SMARTS) is 1. The van der Waals surface area contributed by atoms with E-state index in [0.717, 1.165) is 5.56 Å². The van der Waals surface area contributed by atoms with Crippen LogP contribution in [0.25, 0.3) is 0 Å². The lowest BCUT2D eigenvalue weighted by molar-refractivity contribution is -0.143. The first-order valence-corrected chi connectivity index (χ1v) is 7.57. The number of amides is 1. The summed E-state index contributed by atoms with van der Waals surface area (Å²) < 4.78 is 0. The maximum absolute atomic E-state index is 12.3. The van der Waals surface area contributed by atoms with Gasteiger partial charge in [-0.25, -0.2) is 0 Å². The van der Waals surface area contributed by atoms with Crippen molar-refractivity contribution >= 4 is 11.9 Å². The highest BCUT2D eigenvalue weighted by molar-refractivity contribution is 5.86. The van der Waals surface area contributed by atoms with Crippen molar-refractivity contribution in [2.24, 2.45) is 0 Å². The molecule has 0 aliphatic rings. The third-order valence-electron chi connectivity index (χ3n) is 4.19. The number of hydrogen-bond donors (Lipinski definition) is 2. The van der Waals surface area contributed by atoms with E-state index in [4.69, 9.17) is 0 Å². The molecule has 4 heteroatoms. The first-order valence-electron chi connectivity index (χ1n) is 7.57. The Morgan fingerprint density at radius 1 is 1.04 bits per heavy atom. The highest BCUT2D eigenvalue weighted by Gasteiger charge is 2.35. The molecule has 1 amide bonds. The van der Waals surface area contributed by atoms with E-state index < -0.39 is 11.4 Å². The summed E-state index contributed by atoms with van der Waals surface area (Å²) in [5, 5.41) is 12.4. The van der Waals surface area contributed by atoms with E-state index in [1.54, 1.807) is 31.2 Å². The number of benzene rings is 2. The summed E-state index contributed by atoms with van der Waals surface area (Å²) in [6.45, 7) is 3.48. The van der Waals surface area contributed by atoms with Crippen LogP contribution in [0.15, 0.2) is 60.7 Å². The van der Waals surface area contributed by atoms with Gasteiger partial charge in [-0.15, -0.1) is 0 Å². The minimum Gasteiger partial charge on any atom is -0.481 e. The minimum atomic E-state index is -1.16. The monoisotopic (exact) mass is 311 g/mol. The third kappa shape index (κ3) is 3.77. The van der Waals surface area contributed by atoms with Crippen LogP contribution in [0.2, 0.25) is 0 Å². The predicted molar refractivity (Wildman–Crippen MR) is 89.3 cm³/mol. The maximum atomic E-state index is 12.3. The van der Waals surface area contributed by atoms with E-state index in [0.29, 0.717) is 5.56 Å². The molecular formula is C19H21NO3. The fraction of sp³-hybridized carbons (Fsp3) is 0.263. The van der Waals surface area contributed by atoms with Crippen LogP contribution < -0.4 is 5.32 Å². The molecule has 0 spiro atoms. The average Bonchev–Trinajstić information content (AvgIpc) is 2.60. The SMILES string of the molecule is C[C@H](C(=O)NCC(C)(C(=O)O)c1ccccc1)c1ccccc1. The molecule has 0 saturated heterocycles. The number of carbonyl (C=O) groups is 2. The standard InChI is InChI=1S/C19H21NO3/c1-14(15-9-5-3-6-10-15)17(21)20-13-19(2,18(22)23)16-11-7-4-8-12-16/h3-12,14H,13H2,1-2H3,(H,20,21)(H,22,23)/t14-,19?/m0/s1. The zero-order chi connectivity index (χ0) is 16.9. The van der Waals surface area contributed by atoms with Crippen molar-refractivity contribution in [2.75, 3.05) is 6.54 Å². The molecule has 2 aromatic rings. The zero-order valence-electron chi connectivity index (χ0n) is 13.3. The molecule has 23 heavy (non-hydrogen) atoms. The highest BCUT2D eigenvalue weighted by Crippen LogP contribution is 2.24. The molecule has 2 aromatic carbocycles. The van der Waals surface area contributed by atoms with Crippen LogP contribution in [-0.2, 0) is 15.0 Å². The Kier molecular flexibility index (Phi) is 5.16. The number of aliphatic carboxylic acids is 1. The van der Waals surface area contributed by atoms with Crippen molar-refractivity contribution in [1.29, 1.82) is 0 Å². The van der Waals surface area contributed by atoms with Crippen molar-refractivity contribution in [1.82, 2.24) is 5.32 Å². The van der Waals surface area contributed by atoms with Gasteiger partial charge < -0.3 is 10.4 Å². The molecule has 0 saturated carbocycles. The smallest absolute Gasteiger partial charge is 0.315 e. The Balaban J connectivity index is 2.11. The van der Waals surface area contributed by atoms with Crippen LogP contribution in [0.5, 0.6) is 0 Å². The molecule has 0 aliphatic carbocycles. The van der Waals surface area contributed by atoms with E-state index in [2.05, 4.69) is 5.32 Å². The van der Waals surface area contributed by atoms with Crippen LogP contribution in [0.1, 0.15) is 30.9 Å². The normalized spacial score (nSPS) is 14.5. The minimum absolute atomic E-state index is 0.0440. The average molecular weight is 311 g/mol. The zero-order valence-corrected chi connectivity index (χ0v) is 13.3. The number of nitrogens with one attached hydrogen (secondary N) is 1. The lowest BCUT2D eigenvalue weighted by atomic mass is 9.82. The largest absolute Gasteiger partial charge is 0.481 e. The van der Waals surface area contributed by atoms with E-state index in [1.165, 1.54) is 0 Å². The molecule has 0 fully saturated rings. The molecule has 0 aliphatic heterocycles. The Morgan fingerprint density at radius 2 is 1.57 bits per heavy atom. The van der Waals surface area contributed by atoms with Gasteiger partial charge in [0.15, 0.2) is 0 Å². The second-order valence-electron chi connectivity index (χ2n) is 5.85. The number of rotatable bonds is 6. The van der Waals surface area contributed by atoms with Gasteiger partial charge in [0.1, 0.15) is 5.41 Å². The van der Waals surface area contributed by atoms with Gasteiger partial charge in [0.05, 0.1) is 5.92 Å². The van der Waals surface area contributed by atoms with E-state index in [-0.39, 0.29) is 18.4 Å². The number of hydrogen-bond acceptors (Lipinski definition) is 2. The summed E-state index contributed by atoms with van der Waals surface area (Å²) in [5.41, 5.74) is 0.412. The fourth-order valence-corrected chi connectivity index (χ4v) is 2.42. The van der Waals surface area contributed by atoms with Crippen molar-refractivity contribution in [3.05, 3.63) is 71.8 Å². The van der Waals surface area contributed by atoms with Crippen LogP contribution in [-0.4, -0.2) is 23.5 Å². The Hall–Kier alpha value is -2.62. The first kappa shape index (κ1) is 16.7. The van der Waals surface area contributed by atoms with Crippen molar-refractivity contribution in [3.8, 4) is 0 Å². The molecule has 2 N–H and O–H groups in total. The summed E-state index contributed by atoms with van der Waals surface area (Å²) in [7, 11) is 0. The van der Waals surface area contributed by atoms with Crippen molar-refractivity contribution in [3.63, 3.8) is 0 Å². The van der Waals surface area contributed by atoms with Crippen LogP contribution >= 0.6 is 0 Å². The van der Waals surface area contributed by atoms with Crippen LogP contribution in [0.4, 0.5) is 0 Å². The van der Waals surface area contributed by atoms with Gasteiger partial charge in [0.25, 0.3) is 0 Å². The predicted octanol–water partition coefficient (Wildman–Crippen LogP) is 2.95. The van der Waals surface area contributed by atoms with E-state index in [1.807, 2.05) is 43.3 Å². The quantitative estimate of drug-likeness (QED) is 0.862. The molecule has 0 radical (unpaired) electrons. The van der Waals surface area contributed by atoms with Gasteiger partial charge in [-0.05, 0) is 25.0 Å². The van der Waals surface area contributed by atoms with Gasteiger partial charge in [0, 0.05) is 6.54 Å². The Morgan fingerprint density at radius 3 is 2.09 bits per heavy atom. The summed E-state index contributed by atoms with van der Waals surface area (Å²) in [6.07, 6.45) is 0. The summed E-state index contributed by atoms with van der Waals surface area (Å²) in [6, 6.07) is 18.4. The van der Waals surface area contributed by atoms with Gasteiger partial charge in [-0.1, -0.05) is 60.7 Å². The summed E-state index contributed by atoms with van der Waals surface area (Å²) in [4.78, 5) is 24.1. The molecule has 120 valence electrons. The Labute approximate surface area is 136 Å². The summed E-state index contributed by atoms with van der Waals surface area (Å²) >= 11 is 0. The number of carbonyl (C=O) groups excluding carboxylic acids is 1. The van der Waals surface area contributed by atoms with E-state index in [9.17, 15) is 14.7 Å². The fourth-order valence-electron chi connectivity index (χ4n) is 2.42. The van der Waals surface area contributed by atoms with Crippen molar-refractivity contribution < 1.29 is 14.7 Å². The molecule has 4 nitrogen and oxygen atoms in total. The first-order chi connectivity index (χ1) is 10.9. The second kappa shape index (κ2) is 7.09. The van der Waals surface area contributed by atoms with Gasteiger partial charge >= 0.3 is 5.97 Å². The van der Waals surface area contributed by atoms with Crippen molar-refractivity contribution in [2.45, 2.75) is 25.2 Å². The lowest BCUT2D eigenvalue weighted by Gasteiger charge is -2.26. The molecule has 1 unspecified atom stereocenters. The molecule has 0 heterocycles. The third-order valence-corrected chi connectivity index (χ3v) is 4.19. The molecular weight excluding hydrogens is 290 g/mol. The van der Waals surface area contributed by atoms with Gasteiger partial charge in [-0.3, -0.25) is 9.59 Å². The van der Waals surface area contributed by atoms with Crippen LogP contribution in [0.3, 0.4) is 0 Å². The van der Waals surface area contributed by atoms with Crippen LogP contribution in [0, 0.1) is 0 Å². The Bertz CT molecular complexity index is 670. The highest BCUT2D eigenvalue weighted by atomic mass is 16.4. The summed E-state index contributed by atoms with van der Waals surface area (Å²) in [5.74, 6) is -1.47. The maximum Gasteiger partial charge on any atom is 0.315 e. The molecule has 2 atom stereocenters. The molecule has 0 aromatic heterocycles. The van der Waals surface area contributed by atoms with E-state index >= 15 is 0 Å². The topological polar surface area (TPSA) is 66.4 Å². The van der Waals surface area contributed by atoms with Gasteiger partial charge in [0.2, 0.25) is 5.91 Å². The molecule has 2 rings (SSSR count). The molecule has 0 bridgehead atoms. The number of carboxylic acids is 1. The second-order valence-corrected chi connectivity index (χ2v) is 5.85.